The summed E-state index contributed by atoms with van der Waals surface area (Å²) in [5, 5.41) is 13.7. The van der Waals surface area contributed by atoms with Crippen molar-refractivity contribution in [2.24, 2.45) is 0 Å². The molecule has 1 fully saturated rings. The maximum absolute atomic E-state index is 6.04. The van der Waals surface area contributed by atoms with Crippen LogP contribution in [0.1, 0.15) is 31.7 Å². The molecular formula is C10H10Cl2N6S. The summed E-state index contributed by atoms with van der Waals surface area (Å²) in [5.41, 5.74) is 0. The Hall–Kier alpha value is -0.920. The van der Waals surface area contributed by atoms with Gasteiger partial charge in [0, 0.05) is 0 Å². The average molecular weight is 317 g/mol. The third-order valence-electron chi connectivity index (χ3n) is 3.00. The number of halogens is 2. The van der Waals surface area contributed by atoms with Crippen LogP contribution in [0.25, 0.3) is 0 Å². The Balaban J connectivity index is 1.87. The van der Waals surface area contributed by atoms with Gasteiger partial charge in [0.25, 0.3) is 0 Å². The number of rotatable bonds is 3. The second-order valence-corrected chi connectivity index (χ2v) is 5.94. The van der Waals surface area contributed by atoms with Crippen LogP contribution >= 0.6 is 35.0 Å². The highest BCUT2D eigenvalue weighted by Crippen LogP contribution is 2.35. The smallest absolute Gasteiger partial charge is 0.223 e. The van der Waals surface area contributed by atoms with E-state index in [1.807, 2.05) is 4.68 Å². The van der Waals surface area contributed by atoms with Crippen molar-refractivity contribution < 1.29 is 0 Å². The van der Waals surface area contributed by atoms with E-state index in [4.69, 9.17) is 23.2 Å². The molecule has 1 aliphatic carbocycles. The number of aromatic nitrogens is 6. The van der Waals surface area contributed by atoms with Crippen molar-refractivity contribution >= 4 is 35.0 Å². The first kappa shape index (κ1) is 13.1. The van der Waals surface area contributed by atoms with Crippen LogP contribution < -0.4 is 0 Å². The van der Waals surface area contributed by atoms with Crippen molar-refractivity contribution in [3.05, 3.63) is 16.5 Å². The fourth-order valence-electron chi connectivity index (χ4n) is 2.12. The number of tetrazole rings is 1. The molecule has 19 heavy (non-hydrogen) atoms. The third kappa shape index (κ3) is 2.82. The van der Waals surface area contributed by atoms with E-state index in [0.29, 0.717) is 21.2 Å². The SMILES string of the molecule is Clc1ncc(Cl)c(Sc2nnnn2C2CCCC2)n1. The Labute approximate surface area is 123 Å². The summed E-state index contributed by atoms with van der Waals surface area (Å²) >= 11 is 13.1. The van der Waals surface area contributed by atoms with Crippen molar-refractivity contribution in [1.29, 1.82) is 0 Å². The van der Waals surface area contributed by atoms with Gasteiger partial charge in [-0.1, -0.05) is 24.4 Å². The highest BCUT2D eigenvalue weighted by atomic mass is 35.5. The van der Waals surface area contributed by atoms with Crippen LogP contribution in [0.2, 0.25) is 10.3 Å². The minimum atomic E-state index is 0.159. The minimum absolute atomic E-state index is 0.159. The molecule has 6 nitrogen and oxygen atoms in total. The fourth-order valence-corrected chi connectivity index (χ4v) is 3.32. The summed E-state index contributed by atoms with van der Waals surface area (Å²) in [4.78, 5) is 7.91. The Morgan fingerprint density at radius 3 is 2.84 bits per heavy atom. The molecular weight excluding hydrogens is 307 g/mol. The molecule has 0 atom stereocenters. The first-order chi connectivity index (χ1) is 9.24. The van der Waals surface area contributed by atoms with Crippen LogP contribution in [0.4, 0.5) is 0 Å². The molecule has 0 N–H and O–H groups in total. The van der Waals surface area contributed by atoms with Crippen molar-refractivity contribution in [2.45, 2.75) is 41.9 Å². The summed E-state index contributed by atoms with van der Waals surface area (Å²) in [6.45, 7) is 0. The molecule has 0 radical (unpaired) electrons. The molecule has 1 saturated carbocycles. The molecule has 9 heteroatoms. The lowest BCUT2D eigenvalue weighted by molar-refractivity contribution is 0.423. The van der Waals surface area contributed by atoms with Crippen LogP contribution in [-0.4, -0.2) is 30.2 Å². The van der Waals surface area contributed by atoms with E-state index >= 15 is 0 Å². The molecule has 3 rings (SSSR count). The van der Waals surface area contributed by atoms with Gasteiger partial charge in [-0.2, -0.15) is 0 Å². The van der Waals surface area contributed by atoms with E-state index in [2.05, 4.69) is 25.5 Å². The highest BCUT2D eigenvalue weighted by Gasteiger charge is 2.22. The van der Waals surface area contributed by atoms with Crippen LogP contribution in [0.3, 0.4) is 0 Å². The van der Waals surface area contributed by atoms with Gasteiger partial charge in [0.05, 0.1) is 17.3 Å². The Bertz CT molecular complexity index is 583. The lowest BCUT2D eigenvalue weighted by Crippen LogP contribution is -2.08. The van der Waals surface area contributed by atoms with E-state index in [9.17, 15) is 0 Å². The lowest BCUT2D eigenvalue weighted by Gasteiger charge is -2.10. The topological polar surface area (TPSA) is 69.4 Å². The Morgan fingerprint density at radius 2 is 2.05 bits per heavy atom. The Morgan fingerprint density at radius 1 is 1.26 bits per heavy atom. The molecule has 0 aromatic carbocycles. The van der Waals surface area contributed by atoms with E-state index in [-0.39, 0.29) is 5.28 Å². The van der Waals surface area contributed by atoms with Crippen molar-refractivity contribution in [2.75, 3.05) is 0 Å². The maximum Gasteiger partial charge on any atom is 0.223 e. The molecule has 0 unspecified atom stereocenters. The van der Waals surface area contributed by atoms with Crippen LogP contribution in [0, 0.1) is 0 Å². The zero-order chi connectivity index (χ0) is 13.2. The van der Waals surface area contributed by atoms with Gasteiger partial charge < -0.3 is 0 Å². The predicted octanol–water partition coefficient (Wildman–Crippen LogP) is 3.04. The summed E-state index contributed by atoms with van der Waals surface area (Å²) in [7, 11) is 0. The third-order valence-corrected chi connectivity index (χ3v) is 4.53. The van der Waals surface area contributed by atoms with E-state index in [1.54, 1.807) is 0 Å². The number of hydrogen-bond donors (Lipinski definition) is 0. The van der Waals surface area contributed by atoms with Gasteiger partial charge in [-0.05, 0) is 46.6 Å². The second kappa shape index (κ2) is 5.60. The van der Waals surface area contributed by atoms with Gasteiger partial charge in [0.1, 0.15) is 5.03 Å². The van der Waals surface area contributed by atoms with Crippen molar-refractivity contribution in [3.8, 4) is 0 Å². The molecule has 0 amide bonds. The molecule has 1 aliphatic rings. The summed E-state index contributed by atoms with van der Waals surface area (Å²) in [6, 6.07) is 0.369. The molecule has 2 heterocycles. The first-order valence-corrected chi connectivity index (χ1v) is 7.45. The average Bonchev–Trinajstić information content (AvgIpc) is 3.03. The van der Waals surface area contributed by atoms with Gasteiger partial charge in [0.15, 0.2) is 0 Å². The van der Waals surface area contributed by atoms with Crippen LogP contribution in [0.15, 0.2) is 16.4 Å². The second-order valence-electron chi connectivity index (χ2n) is 4.24. The summed E-state index contributed by atoms with van der Waals surface area (Å²) in [5.74, 6) is 0. The standard InChI is InChI=1S/C10H10Cl2N6S/c11-7-5-13-9(12)14-8(7)19-10-15-16-17-18(10)6-3-1-2-4-6/h5-6H,1-4H2. The molecule has 0 aliphatic heterocycles. The lowest BCUT2D eigenvalue weighted by atomic mass is 10.3. The van der Waals surface area contributed by atoms with Gasteiger partial charge in [-0.15, -0.1) is 5.10 Å². The molecule has 0 saturated heterocycles. The zero-order valence-corrected chi connectivity index (χ0v) is 12.2. The van der Waals surface area contributed by atoms with Crippen LogP contribution in [0.5, 0.6) is 0 Å². The van der Waals surface area contributed by atoms with Crippen LogP contribution in [-0.2, 0) is 0 Å². The maximum atomic E-state index is 6.04. The summed E-state index contributed by atoms with van der Waals surface area (Å²) < 4.78 is 1.85. The molecule has 2 aromatic rings. The molecule has 0 bridgehead atoms. The monoisotopic (exact) mass is 316 g/mol. The quantitative estimate of drug-likeness (QED) is 0.640. The fraction of sp³-hybridized carbons (Fsp3) is 0.500. The zero-order valence-electron chi connectivity index (χ0n) is 9.83. The largest absolute Gasteiger partial charge is 0.225 e. The first-order valence-electron chi connectivity index (χ1n) is 5.88. The number of nitrogens with zero attached hydrogens (tertiary/aromatic N) is 6. The van der Waals surface area contributed by atoms with E-state index < -0.39 is 0 Å². The van der Waals surface area contributed by atoms with Gasteiger partial charge in [0.2, 0.25) is 10.4 Å². The molecule has 2 aromatic heterocycles. The predicted molar refractivity (Wildman–Crippen MR) is 71.5 cm³/mol. The molecule has 100 valence electrons. The minimum Gasteiger partial charge on any atom is -0.225 e. The van der Waals surface area contributed by atoms with Crippen molar-refractivity contribution in [3.63, 3.8) is 0 Å². The number of hydrogen-bond acceptors (Lipinski definition) is 6. The highest BCUT2D eigenvalue weighted by molar-refractivity contribution is 7.99. The van der Waals surface area contributed by atoms with Gasteiger partial charge in [-0.3, -0.25) is 0 Å². The summed E-state index contributed by atoms with van der Waals surface area (Å²) in [6.07, 6.45) is 6.13. The molecule has 0 spiro atoms. The van der Waals surface area contributed by atoms with Gasteiger partial charge >= 0.3 is 0 Å². The van der Waals surface area contributed by atoms with Crippen molar-refractivity contribution in [1.82, 2.24) is 30.2 Å². The van der Waals surface area contributed by atoms with Gasteiger partial charge in [-0.25, -0.2) is 14.6 Å². The van der Waals surface area contributed by atoms with E-state index in [0.717, 1.165) is 12.8 Å². The Kier molecular flexibility index (Phi) is 3.86. The van der Waals surface area contributed by atoms with E-state index in [1.165, 1.54) is 30.8 Å². The normalized spacial score (nSPS) is 16.1.